The van der Waals surface area contributed by atoms with Crippen LogP contribution in [0, 0.1) is 6.92 Å². The van der Waals surface area contributed by atoms with Gasteiger partial charge in [0.2, 0.25) is 0 Å². The van der Waals surface area contributed by atoms with Gasteiger partial charge in [0.15, 0.2) is 0 Å². The standard InChI is InChI=1S/C19H22O/c1-14(2)20-17-11-12-18(15(3)13-17)19(4,5)16-9-7-6-8-10-16/h6-13H,1H2,2-5H3. The predicted molar refractivity (Wildman–Crippen MR) is 85.2 cm³/mol. The fourth-order valence-corrected chi connectivity index (χ4v) is 2.61. The van der Waals surface area contributed by atoms with Crippen molar-refractivity contribution in [1.82, 2.24) is 0 Å². The Morgan fingerprint density at radius 3 is 2.25 bits per heavy atom. The van der Waals surface area contributed by atoms with Crippen molar-refractivity contribution < 1.29 is 4.74 Å². The molecule has 1 heteroatoms. The van der Waals surface area contributed by atoms with Crippen LogP contribution in [0.25, 0.3) is 0 Å². The van der Waals surface area contributed by atoms with Gasteiger partial charge in [-0.1, -0.05) is 56.8 Å². The molecular formula is C19H22O. The zero-order valence-electron chi connectivity index (χ0n) is 12.7. The van der Waals surface area contributed by atoms with E-state index in [0.717, 1.165) is 5.75 Å². The lowest BCUT2D eigenvalue weighted by molar-refractivity contribution is 0.429. The summed E-state index contributed by atoms with van der Waals surface area (Å²) in [5.74, 6) is 1.56. The molecule has 0 aliphatic rings. The van der Waals surface area contributed by atoms with E-state index >= 15 is 0 Å². The SMILES string of the molecule is C=C(C)Oc1ccc(C(C)(C)c2ccccc2)c(C)c1. The summed E-state index contributed by atoms with van der Waals surface area (Å²) in [5, 5.41) is 0. The minimum Gasteiger partial charge on any atom is -0.463 e. The minimum atomic E-state index is -0.0207. The first-order valence-corrected chi connectivity index (χ1v) is 6.91. The van der Waals surface area contributed by atoms with Crippen molar-refractivity contribution in [2.24, 2.45) is 0 Å². The van der Waals surface area contributed by atoms with E-state index in [1.807, 2.05) is 13.0 Å². The molecule has 0 aliphatic heterocycles. The van der Waals surface area contributed by atoms with Crippen molar-refractivity contribution in [2.45, 2.75) is 33.1 Å². The third-order valence-electron chi connectivity index (χ3n) is 3.66. The molecule has 0 aromatic heterocycles. The van der Waals surface area contributed by atoms with Crippen LogP contribution in [0.5, 0.6) is 5.75 Å². The number of aryl methyl sites for hydroxylation is 1. The van der Waals surface area contributed by atoms with Crippen molar-refractivity contribution >= 4 is 0 Å². The van der Waals surface area contributed by atoms with Crippen LogP contribution in [0.3, 0.4) is 0 Å². The molecule has 2 aromatic rings. The number of ether oxygens (including phenoxy) is 1. The van der Waals surface area contributed by atoms with E-state index in [4.69, 9.17) is 4.74 Å². The van der Waals surface area contributed by atoms with Gasteiger partial charge in [-0.3, -0.25) is 0 Å². The molecule has 20 heavy (non-hydrogen) atoms. The lowest BCUT2D eigenvalue weighted by Gasteiger charge is -2.28. The van der Waals surface area contributed by atoms with Crippen LogP contribution in [-0.4, -0.2) is 0 Å². The number of hydrogen-bond donors (Lipinski definition) is 0. The van der Waals surface area contributed by atoms with Gasteiger partial charge < -0.3 is 4.74 Å². The molecule has 2 rings (SSSR count). The molecule has 0 N–H and O–H groups in total. The van der Waals surface area contributed by atoms with Crippen LogP contribution >= 0.6 is 0 Å². The second-order valence-corrected chi connectivity index (χ2v) is 5.77. The second kappa shape index (κ2) is 5.54. The van der Waals surface area contributed by atoms with Crippen molar-refractivity contribution in [3.8, 4) is 5.75 Å². The Bertz CT molecular complexity index is 609. The quantitative estimate of drug-likeness (QED) is 0.688. The molecule has 0 heterocycles. The van der Waals surface area contributed by atoms with E-state index in [1.165, 1.54) is 16.7 Å². The molecule has 1 nitrogen and oxygen atoms in total. The monoisotopic (exact) mass is 266 g/mol. The van der Waals surface area contributed by atoms with Crippen LogP contribution in [-0.2, 0) is 5.41 Å². The molecule has 2 aromatic carbocycles. The van der Waals surface area contributed by atoms with E-state index in [2.05, 4.69) is 69.8 Å². The fourth-order valence-electron chi connectivity index (χ4n) is 2.61. The van der Waals surface area contributed by atoms with Crippen LogP contribution in [0.1, 0.15) is 37.5 Å². The Kier molecular flexibility index (Phi) is 3.99. The summed E-state index contributed by atoms with van der Waals surface area (Å²) in [4.78, 5) is 0. The molecule has 0 bridgehead atoms. The van der Waals surface area contributed by atoms with Gasteiger partial charge in [0.05, 0.1) is 5.76 Å². The zero-order chi connectivity index (χ0) is 14.8. The Morgan fingerprint density at radius 2 is 1.70 bits per heavy atom. The van der Waals surface area contributed by atoms with E-state index in [9.17, 15) is 0 Å². The molecule has 0 saturated heterocycles. The van der Waals surface area contributed by atoms with Gasteiger partial charge >= 0.3 is 0 Å². The van der Waals surface area contributed by atoms with Gasteiger partial charge in [-0.2, -0.15) is 0 Å². The van der Waals surface area contributed by atoms with Crippen LogP contribution in [0.2, 0.25) is 0 Å². The van der Waals surface area contributed by atoms with Crippen LogP contribution in [0.15, 0.2) is 60.9 Å². The molecule has 0 fully saturated rings. The average molecular weight is 266 g/mol. The fraction of sp³-hybridized carbons (Fsp3) is 0.263. The Hall–Kier alpha value is -2.02. The smallest absolute Gasteiger partial charge is 0.127 e. The summed E-state index contributed by atoms with van der Waals surface area (Å²) in [5.41, 5.74) is 3.85. The van der Waals surface area contributed by atoms with Gasteiger partial charge in [0.25, 0.3) is 0 Å². The van der Waals surface area contributed by atoms with Crippen molar-refractivity contribution in [3.63, 3.8) is 0 Å². The summed E-state index contributed by atoms with van der Waals surface area (Å²) in [6, 6.07) is 16.8. The Morgan fingerprint density at radius 1 is 1.05 bits per heavy atom. The number of hydrogen-bond acceptors (Lipinski definition) is 1. The average Bonchev–Trinajstić information content (AvgIpc) is 2.38. The van der Waals surface area contributed by atoms with E-state index in [-0.39, 0.29) is 5.41 Å². The first kappa shape index (κ1) is 14.4. The van der Waals surface area contributed by atoms with Crippen molar-refractivity contribution in [3.05, 3.63) is 77.6 Å². The second-order valence-electron chi connectivity index (χ2n) is 5.77. The maximum atomic E-state index is 5.57. The lowest BCUT2D eigenvalue weighted by Crippen LogP contribution is -2.20. The summed E-state index contributed by atoms with van der Waals surface area (Å²) >= 11 is 0. The summed E-state index contributed by atoms with van der Waals surface area (Å²) in [7, 11) is 0. The van der Waals surface area contributed by atoms with E-state index < -0.39 is 0 Å². The maximum Gasteiger partial charge on any atom is 0.127 e. The number of benzene rings is 2. The first-order chi connectivity index (χ1) is 9.41. The highest BCUT2D eigenvalue weighted by Crippen LogP contribution is 2.34. The number of allylic oxidation sites excluding steroid dienone is 1. The molecule has 0 unspecified atom stereocenters. The molecule has 0 spiro atoms. The van der Waals surface area contributed by atoms with Gasteiger partial charge in [-0.15, -0.1) is 0 Å². The molecule has 0 radical (unpaired) electrons. The highest BCUT2D eigenvalue weighted by Gasteiger charge is 2.24. The molecule has 0 saturated carbocycles. The van der Waals surface area contributed by atoms with Gasteiger partial charge in [-0.25, -0.2) is 0 Å². The highest BCUT2D eigenvalue weighted by atomic mass is 16.5. The van der Waals surface area contributed by atoms with E-state index in [0.29, 0.717) is 5.76 Å². The van der Waals surface area contributed by atoms with Gasteiger partial charge in [0, 0.05) is 5.41 Å². The minimum absolute atomic E-state index is 0.0207. The normalized spacial score (nSPS) is 11.2. The summed E-state index contributed by atoms with van der Waals surface area (Å²) < 4.78 is 5.57. The maximum absolute atomic E-state index is 5.57. The van der Waals surface area contributed by atoms with E-state index in [1.54, 1.807) is 0 Å². The predicted octanol–water partition coefficient (Wildman–Crippen LogP) is 5.23. The van der Waals surface area contributed by atoms with Crippen LogP contribution < -0.4 is 4.74 Å². The van der Waals surface area contributed by atoms with Gasteiger partial charge in [-0.05, 0) is 42.7 Å². The lowest BCUT2D eigenvalue weighted by atomic mass is 9.76. The molecule has 0 atom stereocenters. The third kappa shape index (κ3) is 2.93. The Balaban J connectivity index is 2.40. The van der Waals surface area contributed by atoms with Crippen LogP contribution in [0.4, 0.5) is 0 Å². The summed E-state index contributed by atoms with van der Waals surface area (Å²) in [6.45, 7) is 12.3. The molecule has 104 valence electrons. The molecule has 0 amide bonds. The topological polar surface area (TPSA) is 9.23 Å². The number of rotatable bonds is 4. The van der Waals surface area contributed by atoms with Gasteiger partial charge in [0.1, 0.15) is 5.75 Å². The zero-order valence-corrected chi connectivity index (χ0v) is 12.7. The first-order valence-electron chi connectivity index (χ1n) is 6.91. The Labute approximate surface area is 121 Å². The molecule has 0 aliphatic carbocycles. The van der Waals surface area contributed by atoms with Crippen molar-refractivity contribution in [2.75, 3.05) is 0 Å². The third-order valence-corrected chi connectivity index (χ3v) is 3.66. The summed E-state index contributed by atoms with van der Waals surface area (Å²) in [6.07, 6.45) is 0. The van der Waals surface area contributed by atoms with Crippen molar-refractivity contribution in [1.29, 1.82) is 0 Å². The highest BCUT2D eigenvalue weighted by molar-refractivity contribution is 5.45. The molecular weight excluding hydrogens is 244 g/mol. The largest absolute Gasteiger partial charge is 0.463 e.